The monoisotopic (exact) mass is 835 g/mol. The quantitative estimate of drug-likeness (QED) is 0.135. The van der Waals surface area contributed by atoms with E-state index in [4.69, 9.17) is 22.8 Å². The molecular formula is C43H90O5S2Si3. The summed E-state index contributed by atoms with van der Waals surface area (Å²) in [6.07, 6.45) is 2.45. The van der Waals surface area contributed by atoms with Crippen LogP contribution in [-0.4, -0.2) is 77.3 Å². The van der Waals surface area contributed by atoms with E-state index in [1.54, 1.807) is 0 Å². The van der Waals surface area contributed by atoms with Crippen molar-refractivity contribution in [2.75, 3.05) is 18.1 Å². The third-order valence-electron chi connectivity index (χ3n) is 14.1. The first-order valence-corrected chi connectivity index (χ1v) is 31.3. The summed E-state index contributed by atoms with van der Waals surface area (Å²) in [4.78, 5) is 0. The van der Waals surface area contributed by atoms with E-state index in [9.17, 15) is 0 Å². The highest BCUT2D eigenvalue weighted by atomic mass is 32.2. The molecular weight excluding hydrogens is 745 g/mol. The molecule has 0 aromatic carbocycles. The molecule has 2 aliphatic rings. The predicted molar refractivity (Wildman–Crippen MR) is 244 cm³/mol. The van der Waals surface area contributed by atoms with E-state index >= 15 is 0 Å². The van der Waals surface area contributed by atoms with E-state index < -0.39 is 30.7 Å². The number of rotatable bonds is 17. The van der Waals surface area contributed by atoms with E-state index in [2.05, 4.69) is 181 Å². The molecule has 2 rings (SSSR count). The summed E-state index contributed by atoms with van der Waals surface area (Å²) in [6.45, 7) is 55.1. The Labute approximate surface area is 342 Å². The highest BCUT2D eigenvalue weighted by molar-refractivity contribution is 8.18. The van der Waals surface area contributed by atoms with Crippen molar-refractivity contribution < 1.29 is 22.8 Å². The van der Waals surface area contributed by atoms with Crippen LogP contribution in [0.15, 0.2) is 0 Å². The highest BCUT2D eigenvalue weighted by Crippen LogP contribution is 2.56. The summed E-state index contributed by atoms with van der Waals surface area (Å²) in [6, 6.07) is 0. The van der Waals surface area contributed by atoms with Gasteiger partial charge in [-0.3, -0.25) is 0 Å². The Morgan fingerprint density at radius 2 is 1.17 bits per heavy atom. The maximum Gasteiger partial charge on any atom is 0.200 e. The lowest BCUT2D eigenvalue weighted by molar-refractivity contribution is -0.330. The minimum atomic E-state index is -2.13. The minimum absolute atomic E-state index is 0.0218. The van der Waals surface area contributed by atoms with Crippen LogP contribution < -0.4 is 0 Å². The van der Waals surface area contributed by atoms with E-state index in [0.717, 1.165) is 6.42 Å². The Morgan fingerprint density at radius 3 is 1.58 bits per heavy atom. The molecule has 0 amide bonds. The molecule has 7 atom stereocenters. The van der Waals surface area contributed by atoms with Gasteiger partial charge in [0.25, 0.3) is 0 Å². The van der Waals surface area contributed by atoms with Crippen LogP contribution in [0.2, 0.25) is 52.9 Å². The van der Waals surface area contributed by atoms with Crippen molar-refractivity contribution in [2.45, 2.75) is 232 Å². The van der Waals surface area contributed by atoms with Crippen molar-refractivity contribution >= 4 is 48.5 Å². The normalized spacial score (nSPS) is 26.0. The first kappa shape index (κ1) is 50.3. The van der Waals surface area contributed by atoms with Gasteiger partial charge in [-0.25, -0.2) is 0 Å². The number of hydrogen-bond acceptors (Lipinski definition) is 7. The molecule has 2 fully saturated rings. The largest absolute Gasteiger partial charge is 0.413 e. The minimum Gasteiger partial charge on any atom is -0.413 e. The highest BCUT2D eigenvalue weighted by Gasteiger charge is 2.55. The molecule has 2 heterocycles. The van der Waals surface area contributed by atoms with Crippen molar-refractivity contribution in [3.63, 3.8) is 0 Å². The fraction of sp³-hybridized carbons (Fsp3) is 1.00. The molecule has 0 radical (unpaired) electrons. The topological polar surface area (TPSA) is 46.2 Å². The molecule has 0 aliphatic carbocycles. The van der Waals surface area contributed by atoms with Gasteiger partial charge in [-0.2, -0.15) is 0 Å². The summed E-state index contributed by atoms with van der Waals surface area (Å²) in [5.41, 5.74) is 1.61. The second-order valence-electron chi connectivity index (χ2n) is 21.8. The molecule has 2 saturated heterocycles. The first-order chi connectivity index (χ1) is 23.8. The van der Waals surface area contributed by atoms with Crippen LogP contribution in [0.1, 0.15) is 144 Å². The van der Waals surface area contributed by atoms with Crippen LogP contribution in [-0.2, 0) is 22.8 Å². The summed E-state index contributed by atoms with van der Waals surface area (Å²) >= 11 is 4.37. The molecule has 0 unspecified atom stereocenters. The average molecular weight is 836 g/mol. The number of ether oxygens (including phenoxy) is 2. The van der Waals surface area contributed by atoms with Gasteiger partial charge >= 0.3 is 0 Å². The summed E-state index contributed by atoms with van der Waals surface area (Å²) in [5.74, 6) is 2.76. The number of hydrogen-bond donors (Lipinski definition) is 0. The van der Waals surface area contributed by atoms with Crippen LogP contribution in [0.3, 0.4) is 0 Å². The van der Waals surface area contributed by atoms with Crippen molar-refractivity contribution in [3.8, 4) is 0 Å². The molecule has 0 aromatic rings. The van der Waals surface area contributed by atoms with Gasteiger partial charge in [-0.1, -0.05) is 118 Å². The Hall–Kier alpha value is 1.15. The zero-order valence-corrected chi connectivity index (χ0v) is 43.9. The molecule has 316 valence electrons. The lowest BCUT2D eigenvalue weighted by Gasteiger charge is -2.54. The van der Waals surface area contributed by atoms with Crippen LogP contribution in [0, 0.1) is 23.7 Å². The van der Waals surface area contributed by atoms with Crippen LogP contribution in [0.5, 0.6) is 0 Å². The Morgan fingerprint density at radius 1 is 0.717 bits per heavy atom. The van der Waals surface area contributed by atoms with Gasteiger partial charge in [0.2, 0.25) is 0 Å². The summed E-state index contributed by atoms with van der Waals surface area (Å²) in [7, 11) is -6.21. The second kappa shape index (κ2) is 18.6. The Bertz CT molecular complexity index is 1100. The molecule has 5 nitrogen and oxygen atoms in total. The van der Waals surface area contributed by atoms with Crippen molar-refractivity contribution in [3.05, 3.63) is 0 Å². The summed E-state index contributed by atoms with van der Waals surface area (Å²) in [5, 5.41) is 0.256. The van der Waals surface area contributed by atoms with Gasteiger partial charge in [0.05, 0.1) is 35.1 Å². The van der Waals surface area contributed by atoms with Gasteiger partial charge in [0.1, 0.15) is 0 Å². The zero-order chi connectivity index (χ0) is 41.3. The number of thioether (sulfide) groups is 2. The maximum absolute atomic E-state index is 7.66. The van der Waals surface area contributed by atoms with E-state index in [0.29, 0.717) is 29.1 Å². The molecule has 0 bridgehead atoms. The Balaban J connectivity index is 2.63. The molecule has 2 aliphatic heterocycles. The molecule has 0 aromatic heterocycles. The van der Waals surface area contributed by atoms with E-state index in [1.165, 1.54) is 17.9 Å². The Kier molecular flexibility index (Phi) is 17.7. The molecule has 0 N–H and O–H groups in total. The van der Waals surface area contributed by atoms with Crippen LogP contribution in [0.4, 0.5) is 0 Å². The van der Waals surface area contributed by atoms with Crippen LogP contribution >= 0.6 is 23.5 Å². The molecule has 10 heteroatoms. The fourth-order valence-corrected chi connectivity index (χ4v) is 20.8. The SMILES string of the molecule is CC(C)[C@@H](O[Si](C)(C)C(C)(C)C)[C@@H](C)[C@@H](CC1([C@@H](C)[C@@H]2OC(C)(C)O[C@@H](CO[Si](C(C)C)(C(C)C)C(C)C)[C@H]2C)SCCCS1)O[Si](C)(C)C(C)(C)C. The van der Waals surface area contributed by atoms with Crippen molar-refractivity contribution in [1.82, 2.24) is 0 Å². The lowest BCUT2D eigenvalue weighted by Crippen LogP contribution is -2.59. The van der Waals surface area contributed by atoms with Crippen molar-refractivity contribution in [1.29, 1.82) is 0 Å². The third kappa shape index (κ3) is 11.9. The van der Waals surface area contributed by atoms with Gasteiger partial charge in [0.15, 0.2) is 30.7 Å². The summed E-state index contributed by atoms with van der Waals surface area (Å²) < 4.78 is 36.1. The first-order valence-electron chi connectivity index (χ1n) is 21.4. The average Bonchev–Trinajstić information content (AvgIpc) is 2.99. The van der Waals surface area contributed by atoms with E-state index in [1.807, 2.05) is 0 Å². The molecule has 0 spiro atoms. The van der Waals surface area contributed by atoms with Gasteiger partial charge in [0, 0.05) is 17.8 Å². The maximum atomic E-state index is 7.66. The molecule has 0 saturated carbocycles. The van der Waals surface area contributed by atoms with E-state index in [-0.39, 0.29) is 56.3 Å². The predicted octanol–water partition coefficient (Wildman–Crippen LogP) is 14.0. The smallest absolute Gasteiger partial charge is 0.200 e. The second-order valence-corrected chi connectivity index (χ2v) is 39.9. The zero-order valence-electron chi connectivity index (χ0n) is 39.2. The fourth-order valence-electron chi connectivity index (χ4n) is 8.77. The molecule has 53 heavy (non-hydrogen) atoms. The van der Waals surface area contributed by atoms with Gasteiger partial charge < -0.3 is 22.8 Å². The lowest BCUT2D eigenvalue weighted by atomic mass is 9.81. The van der Waals surface area contributed by atoms with Crippen molar-refractivity contribution in [2.24, 2.45) is 23.7 Å². The third-order valence-corrected chi connectivity index (χ3v) is 32.9. The van der Waals surface area contributed by atoms with Gasteiger partial charge in [-0.05, 0) is 97.0 Å². The van der Waals surface area contributed by atoms with Gasteiger partial charge in [-0.15, -0.1) is 23.5 Å². The standard InChI is InChI=1S/C43H90O5S2Si3/c1-29(2)38(48-52(22,23)41(15,16)17)33(9)36(47-51(20,21)40(12,13)14)27-43(49-25-24-26-50-43)35(11)39-34(10)37(45-42(18,19)46-39)28-44-53(30(3)4,31(5)6)32(7)8/h29-39H,24-28H2,1-23H3/t33-,34+,35-,36+,37-,38+,39+/m0/s1. The van der Waals surface area contributed by atoms with Crippen LogP contribution in [0.25, 0.3) is 0 Å².